The van der Waals surface area contributed by atoms with Gasteiger partial charge in [-0.3, -0.25) is 4.90 Å². The van der Waals surface area contributed by atoms with Crippen LogP contribution >= 0.6 is 0 Å². The minimum absolute atomic E-state index is 0.236. The van der Waals surface area contributed by atoms with Crippen LogP contribution in [0.25, 0.3) is 0 Å². The monoisotopic (exact) mass is 476 g/mol. The summed E-state index contributed by atoms with van der Waals surface area (Å²) in [4.78, 5) is 28.1. The van der Waals surface area contributed by atoms with Gasteiger partial charge < -0.3 is 14.7 Å². The fraction of sp³-hybridized carbons (Fsp3) is 0.440. The van der Waals surface area contributed by atoms with Gasteiger partial charge in [-0.1, -0.05) is 12.1 Å². The van der Waals surface area contributed by atoms with Gasteiger partial charge in [-0.05, 0) is 81.5 Å². The second-order valence-electron chi connectivity index (χ2n) is 9.70. The molecule has 2 amide bonds. The Labute approximate surface area is 195 Å². The minimum atomic E-state index is -4.43. The first-order valence-corrected chi connectivity index (χ1v) is 11.0. The van der Waals surface area contributed by atoms with E-state index in [1.807, 2.05) is 26.0 Å². The number of anilines is 1. The normalized spacial score (nSPS) is 17.4. The zero-order chi connectivity index (χ0) is 25.1. The van der Waals surface area contributed by atoms with Crippen molar-refractivity contribution in [1.82, 2.24) is 4.90 Å². The highest BCUT2D eigenvalue weighted by molar-refractivity contribution is 5.96. The first-order chi connectivity index (χ1) is 15.7. The first kappa shape index (κ1) is 23.9. The number of rotatable bonds is 6. The van der Waals surface area contributed by atoms with Crippen molar-refractivity contribution in [2.24, 2.45) is 0 Å². The van der Waals surface area contributed by atoms with E-state index in [2.05, 4.69) is 0 Å². The van der Waals surface area contributed by atoms with Crippen molar-refractivity contribution < 1.29 is 32.6 Å². The van der Waals surface area contributed by atoms with Crippen molar-refractivity contribution in [2.45, 2.75) is 64.4 Å². The average Bonchev–Trinajstić information content (AvgIpc) is 3.47. The minimum Gasteiger partial charge on any atom is -0.478 e. The van der Waals surface area contributed by atoms with Crippen LogP contribution in [0.1, 0.15) is 48.9 Å². The SMILES string of the molecule is Cc1cc(CN2C(=O)N(c3ccc(C(F)(F)F)cc3)CC23CC3)cc(C)c1OC(C)(C)C(=O)O. The van der Waals surface area contributed by atoms with Gasteiger partial charge in [0.15, 0.2) is 5.60 Å². The number of carboxylic acid groups (broad SMARTS) is 1. The van der Waals surface area contributed by atoms with Crippen molar-refractivity contribution in [3.63, 3.8) is 0 Å². The number of benzene rings is 2. The van der Waals surface area contributed by atoms with Crippen LogP contribution in [0.15, 0.2) is 36.4 Å². The predicted molar refractivity (Wildman–Crippen MR) is 120 cm³/mol. The number of aryl methyl sites for hydroxylation is 2. The lowest BCUT2D eigenvalue weighted by Gasteiger charge is -2.26. The molecular weight excluding hydrogens is 449 g/mol. The van der Waals surface area contributed by atoms with E-state index in [1.165, 1.54) is 26.0 Å². The van der Waals surface area contributed by atoms with Gasteiger partial charge in [0.05, 0.1) is 17.6 Å². The summed E-state index contributed by atoms with van der Waals surface area (Å²) >= 11 is 0. The van der Waals surface area contributed by atoms with E-state index < -0.39 is 23.3 Å². The molecule has 2 fully saturated rings. The van der Waals surface area contributed by atoms with Crippen LogP contribution in [0, 0.1) is 13.8 Å². The maximum atomic E-state index is 13.3. The van der Waals surface area contributed by atoms with E-state index in [0.717, 1.165) is 41.7 Å². The van der Waals surface area contributed by atoms with Crippen molar-refractivity contribution in [3.05, 3.63) is 58.7 Å². The fourth-order valence-corrected chi connectivity index (χ4v) is 4.41. The molecule has 1 saturated heterocycles. The summed E-state index contributed by atoms with van der Waals surface area (Å²) in [6.45, 7) is 7.41. The summed E-state index contributed by atoms with van der Waals surface area (Å²) in [5.74, 6) is -0.575. The van der Waals surface area contributed by atoms with E-state index in [1.54, 1.807) is 9.80 Å². The van der Waals surface area contributed by atoms with Gasteiger partial charge in [-0.25, -0.2) is 9.59 Å². The molecule has 6 nitrogen and oxygen atoms in total. The summed E-state index contributed by atoms with van der Waals surface area (Å²) in [6, 6.07) is 8.19. The Morgan fingerprint density at radius 1 is 1.09 bits per heavy atom. The van der Waals surface area contributed by atoms with Crippen LogP contribution in [0.3, 0.4) is 0 Å². The van der Waals surface area contributed by atoms with Gasteiger partial charge in [0, 0.05) is 12.2 Å². The summed E-state index contributed by atoms with van der Waals surface area (Å²) in [6.07, 6.45) is -2.76. The number of nitrogens with zero attached hydrogens (tertiary/aromatic N) is 2. The lowest BCUT2D eigenvalue weighted by atomic mass is 10.0. The van der Waals surface area contributed by atoms with Crippen LogP contribution in [0.5, 0.6) is 5.75 Å². The second-order valence-corrected chi connectivity index (χ2v) is 9.70. The van der Waals surface area contributed by atoms with Gasteiger partial charge in [-0.15, -0.1) is 0 Å². The first-order valence-electron chi connectivity index (χ1n) is 11.0. The molecule has 1 spiro atoms. The number of alkyl halides is 3. The van der Waals surface area contributed by atoms with Crippen molar-refractivity contribution in [1.29, 1.82) is 0 Å². The third-order valence-corrected chi connectivity index (χ3v) is 6.55. The number of carbonyl (C=O) groups excluding carboxylic acids is 1. The molecule has 2 aromatic rings. The lowest BCUT2D eigenvalue weighted by Crippen LogP contribution is -2.38. The summed E-state index contributed by atoms with van der Waals surface area (Å²) in [5, 5.41) is 9.37. The Bertz CT molecular complexity index is 1110. The summed E-state index contributed by atoms with van der Waals surface area (Å²) < 4.78 is 44.5. The Morgan fingerprint density at radius 3 is 2.12 bits per heavy atom. The highest BCUT2D eigenvalue weighted by Crippen LogP contribution is 2.49. The number of halogens is 3. The predicted octanol–water partition coefficient (Wildman–Crippen LogP) is 5.54. The van der Waals surface area contributed by atoms with Crippen LogP contribution < -0.4 is 9.64 Å². The number of hydrogen-bond donors (Lipinski definition) is 1. The molecule has 182 valence electrons. The molecule has 4 rings (SSSR count). The fourth-order valence-electron chi connectivity index (χ4n) is 4.41. The third kappa shape index (κ3) is 4.31. The zero-order valence-corrected chi connectivity index (χ0v) is 19.5. The largest absolute Gasteiger partial charge is 0.478 e. The van der Waals surface area contributed by atoms with Gasteiger partial charge in [0.1, 0.15) is 5.75 Å². The summed E-state index contributed by atoms with van der Waals surface area (Å²) in [7, 11) is 0. The third-order valence-electron chi connectivity index (χ3n) is 6.55. The quantitative estimate of drug-likeness (QED) is 0.595. The van der Waals surface area contributed by atoms with Gasteiger partial charge in [0.25, 0.3) is 0 Å². The number of carbonyl (C=O) groups is 2. The highest BCUT2D eigenvalue weighted by atomic mass is 19.4. The van der Waals surface area contributed by atoms with Gasteiger partial charge in [-0.2, -0.15) is 13.2 Å². The molecule has 0 radical (unpaired) electrons. The molecule has 1 aliphatic carbocycles. The van der Waals surface area contributed by atoms with E-state index in [0.29, 0.717) is 24.5 Å². The molecule has 1 saturated carbocycles. The van der Waals surface area contributed by atoms with Crippen LogP contribution in [0.4, 0.5) is 23.7 Å². The Morgan fingerprint density at radius 2 is 1.65 bits per heavy atom. The molecule has 1 heterocycles. The molecule has 1 aliphatic heterocycles. The molecule has 1 N–H and O–H groups in total. The van der Waals surface area contributed by atoms with Gasteiger partial charge >= 0.3 is 18.2 Å². The molecule has 0 aromatic heterocycles. The topological polar surface area (TPSA) is 70.1 Å². The summed E-state index contributed by atoms with van der Waals surface area (Å²) in [5.41, 5.74) is 0.397. The van der Waals surface area contributed by atoms with Crippen LogP contribution in [-0.2, 0) is 17.5 Å². The molecule has 0 atom stereocenters. The van der Waals surface area contributed by atoms with Crippen molar-refractivity contribution in [3.8, 4) is 5.75 Å². The molecule has 34 heavy (non-hydrogen) atoms. The van der Waals surface area contributed by atoms with E-state index in [9.17, 15) is 27.9 Å². The second kappa shape index (κ2) is 7.92. The standard InChI is InChI=1S/C25H27F3N2O4/c1-15-11-17(12-16(2)20(15)34-23(3,4)21(31)32)13-30-22(33)29(14-24(30)9-10-24)19-7-5-18(6-8-19)25(26,27)28/h5-8,11-12H,9-10,13-14H2,1-4H3,(H,31,32). The number of aliphatic carboxylic acids is 1. The molecule has 2 aliphatic rings. The number of urea groups is 1. The molecule has 0 bridgehead atoms. The highest BCUT2D eigenvalue weighted by Gasteiger charge is 2.57. The van der Waals surface area contributed by atoms with Crippen molar-refractivity contribution >= 4 is 17.7 Å². The number of hydrogen-bond acceptors (Lipinski definition) is 3. The Kier molecular flexibility index (Phi) is 5.57. The van der Waals surface area contributed by atoms with E-state index >= 15 is 0 Å². The van der Waals surface area contributed by atoms with Crippen LogP contribution in [0.2, 0.25) is 0 Å². The Hall–Kier alpha value is -3.23. The molecule has 9 heteroatoms. The van der Waals surface area contributed by atoms with Crippen molar-refractivity contribution in [2.75, 3.05) is 11.4 Å². The smallest absolute Gasteiger partial charge is 0.416 e. The van der Waals surface area contributed by atoms with Crippen LogP contribution in [-0.4, -0.2) is 39.7 Å². The zero-order valence-electron chi connectivity index (χ0n) is 19.5. The lowest BCUT2D eigenvalue weighted by molar-refractivity contribution is -0.152. The molecule has 2 aromatic carbocycles. The number of carboxylic acids is 1. The van der Waals surface area contributed by atoms with E-state index in [4.69, 9.17) is 4.74 Å². The maximum Gasteiger partial charge on any atom is 0.416 e. The maximum absolute atomic E-state index is 13.3. The number of amides is 2. The van der Waals surface area contributed by atoms with E-state index in [-0.39, 0.29) is 11.6 Å². The average molecular weight is 476 g/mol. The Balaban J connectivity index is 1.55. The molecule has 0 unspecified atom stereocenters. The number of ether oxygens (including phenoxy) is 1. The van der Waals surface area contributed by atoms with Gasteiger partial charge in [0.2, 0.25) is 0 Å². The molecular formula is C25H27F3N2O4.